The Balaban J connectivity index is 2.13. The van der Waals surface area contributed by atoms with E-state index >= 15 is 0 Å². The molecule has 0 aliphatic carbocycles. The molecule has 1 heterocycles. The van der Waals surface area contributed by atoms with Gasteiger partial charge >= 0.3 is 0 Å². The van der Waals surface area contributed by atoms with Crippen LogP contribution in [0.1, 0.15) is 18.3 Å². The van der Waals surface area contributed by atoms with Crippen molar-refractivity contribution in [2.45, 2.75) is 19.9 Å². The molecule has 0 aliphatic rings. The summed E-state index contributed by atoms with van der Waals surface area (Å²) < 4.78 is 4.22. The molecular weight excluding hydrogens is 220 g/mol. The third kappa shape index (κ3) is 2.56. The molecule has 0 saturated carbocycles. The van der Waals surface area contributed by atoms with Crippen LogP contribution in [0, 0.1) is 0 Å². The average molecular weight is 234 g/mol. The van der Waals surface area contributed by atoms with E-state index in [0.29, 0.717) is 6.54 Å². The van der Waals surface area contributed by atoms with Gasteiger partial charge in [0.2, 0.25) is 5.13 Å². The minimum Gasteiger partial charge on any atom is -0.330 e. The van der Waals surface area contributed by atoms with Crippen LogP contribution in [0.25, 0.3) is 0 Å². The maximum Gasteiger partial charge on any atom is 0.207 e. The van der Waals surface area contributed by atoms with Crippen molar-refractivity contribution in [1.82, 2.24) is 9.36 Å². The van der Waals surface area contributed by atoms with Gasteiger partial charge in [-0.05, 0) is 17.7 Å². The lowest BCUT2D eigenvalue weighted by atomic mass is 10.2. The molecule has 84 valence electrons. The van der Waals surface area contributed by atoms with E-state index in [1.807, 2.05) is 31.2 Å². The quantitative estimate of drug-likeness (QED) is 0.852. The fraction of sp³-hybridized carbons (Fsp3) is 0.273. The predicted molar refractivity (Wildman–Crippen MR) is 66.9 cm³/mol. The number of rotatable bonds is 4. The van der Waals surface area contributed by atoms with E-state index in [-0.39, 0.29) is 0 Å². The molecule has 5 heteroatoms. The van der Waals surface area contributed by atoms with Gasteiger partial charge in [0.05, 0.1) is 0 Å². The predicted octanol–water partition coefficient (Wildman–Crippen LogP) is 2.30. The number of nitrogens with zero attached hydrogens (tertiary/aromatic N) is 2. The van der Waals surface area contributed by atoms with Gasteiger partial charge in [0, 0.05) is 30.2 Å². The first-order valence-corrected chi connectivity index (χ1v) is 5.97. The smallest absolute Gasteiger partial charge is 0.207 e. The second-order valence-electron chi connectivity index (χ2n) is 3.40. The third-order valence-electron chi connectivity index (χ3n) is 2.20. The van der Waals surface area contributed by atoms with E-state index in [1.54, 1.807) is 0 Å². The molecular formula is C11H14N4S. The van der Waals surface area contributed by atoms with Crippen LogP contribution in [0.15, 0.2) is 24.3 Å². The van der Waals surface area contributed by atoms with E-state index in [0.717, 1.165) is 28.6 Å². The lowest BCUT2D eigenvalue weighted by Crippen LogP contribution is -1.97. The van der Waals surface area contributed by atoms with Crippen molar-refractivity contribution < 1.29 is 0 Å². The van der Waals surface area contributed by atoms with Gasteiger partial charge in [0.1, 0.15) is 5.82 Å². The van der Waals surface area contributed by atoms with Gasteiger partial charge in [-0.25, -0.2) is 4.98 Å². The minimum atomic E-state index is 0.547. The van der Waals surface area contributed by atoms with Gasteiger partial charge < -0.3 is 11.1 Å². The van der Waals surface area contributed by atoms with Crippen molar-refractivity contribution in [2.75, 3.05) is 5.32 Å². The summed E-state index contributed by atoms with van der Waals surface area (Å²) in [5, 5.41) is 4.05. The summed E-state index contributed by atoms with van der Waals surface area (Å²) in [5.41, 5.74) is 7.69. The number of aryl methyl sites for hydroxylation is 1. The van der Waals surface area contributed by atoms with Gasteiger partial charge in [0.15, 0.2) is 0 Å². The second-order valence-corrected chi connectivity index (χ2v) is 4.15. The molecule has 0 bridgehead atoms. The number of nitrogens with one attached hydrogen (secondary N) is 1. The van der Waals surface area contributed by atoms with Gasteiger partial charge in [-0.3, -0.25) is 0 Å². The summed E-state index contributed by atoms with van der Waals surface area (Å²) in [7, 11) is 0. The van der Waals surface area contributed by atoms with Crippen LogP contribution in [-0.4, -0.2) is 9.36 Å². The maximum atomic E-state index is 5.58. The first-order chi connectivity index (χ1) is 7.81. The number of nitrogens with two attached hydrogens (primary N) is 1. The Morgan fingerprint density at radius 1 is 1.44 bits per heavy atom. The van der Waals surface area contributed by atoms with Crippen LogP contribution in [0.3, 0.4) is 0 Å². The van der Waals surface area contributed by atoms with E-state index in [1.165, 1.54) is 11.5 Å². The standard InChI is InChI=1S/C11H14N4S/c1-2-10-14-11(16-15-10)13-9-5-3-4-8(6-9)7-12/h3-6H,2,7,12H2,1H3,(H,13,14,15). The van der Waals surface area contributed by atoms with Crippen molar-refractivity contribution in [3.8, 4) is 0 Å². The highest BCUT2D eigenvalue weighted by molar-refractivity contribution is 7.09. The van der Waals surface area contributed by atoms with Crippen molar-refractivity contribution in [2.24, 2.45) is 5.73 Å². The maximum absolute atomic E-state index is 5.58. The zero-order valence-corrected chi connectivity index (χ0v) is 9.92. The monoisotopic (exact) mass is 234 g/mol. The molecule has 0 amide bonds. The Kier molecular flexibility index (Phi) is 3.48. The van der Waals surface area contributed by atoms with Crippen LogP contribution in [0.5, 0.6) is 0 Å². The molecule has 0 spiro atoms. The highest BCUT2D eigenvalue weighted by atomic mass is 32.1. The molecule has 2 aromatic rings. The van der Waals surface area contributed by atoms with Crippen LogP contribution in [-0.2, 0) is 13.0 Å². The molecule has 0 unspecified atom stereocenters. The SMILES string of the molecule is CCc1nsc(Nc2cccc(CN)c2)n1. The van der Waals surface area contributed by atoms with Crippen LogP contribution in [0.4, 0.5) is 10.8 Å². The number of hydrogen-bond donors (Lipinski definition) is 2. The lowest BCUT2D eigenvalue weighted by Gasteiger charge is -2.03. The van der Waals surface area contributed by atoms with Crippen molar-refractivity contribution >= 4 is 22.4 Å². The van der Waals surface area contributed by atoms with E-state index < -0.39 is 0 Å². The Hall–Kier alpha value is -1.46. The molecule has 0 radical (unpaired) electrons. The summed E-state index contributed by atoms with van der Waals surface area (Å²) >= 11 is 1.38. The molecule has 3 N–H and O–H groups in total. The largest absolute Gasteiger partial charge is 0.330 e. The molecule has 0 atom stereocenters. The Labute approximate surface area is 98.7 Å². The summed E-state index contributed by atoms with van der Waals surface area (Å²) in [4.78, 5) is 4.34. The normalized spacial score (nSPS) is 10.4. The van der Waals surface area contributed by atoms with E-state index in [4.69, 9.17) is 5.73 Å². The summed E-state index contributed by atoms with van der Waals surface area (Å²) in [6.07, 6.45) is 0.862. The zero-order valence-electron chi connectivity index (χ0n) is 9.10. The fourth-order valence-electron chi connectivity index (χ4n) is 1.35. The molecule has 0 aliphatic heterocycles. The molecule has 0 saturated heterocycles. The number of anilines is 2. The number of hydrogen-bond acceptors (Lipinski definition) is 5. The molecule has 2 rings (SSSR count). The summed E-state index contributed by atoms with van der Waals surface area (Å²) in [6, 6.07) is 7.99. The molecule has 16 heavy (non-hydrogen) atoms. The minimum absolute atomic E-state index is 0.547. The number of aromatic nitrogens is 2. The first kappa shape index (κ1) is 11.0. The summed E-state index contributed by atoms with van der Waals surface area (Å²) in [6.45, 7) is 2.59. The van der Waals surface area contributed by atoms with Crippen LogP contribution in [0.2, 0.25) is 0 Å². The first-order valence-electron chi connectivity index (χ1n) is 5.20. The Bertz CT molecular complexity index is 467. The molecule has 0 fully saturated rings. The van der Waals surface area contributed by atoms with Crippen molar-refractivity contribution in [3.05, 3.63) is 35.7 Å². The fourth-order valence-corrected chi connectivity index (χ4v) is 2.02. The lowest BCUT2D eigenvalue weighted by molar-refractivity contribution is 1.00. The molecule has 4 nitrogen and oxygen atoms in total. The molecule has 1 aromatic carbocycles. The Morgan fingerprint density at radius 2 is 2.31 bits per heavy atom. The number of benzene rings is 1. The molecule has 1 aromatic heterocycles. The topological polar surface area (TPSA) is 63.8 Å². The van der Waals surface area contributed by atoms with Gasteiger partial charge in [0.25, 0.3) is 0 Å². The van der Waals surface area contributed by atoms with Crippen molar-refractivity contribution in [3.63, 3.8) is 0 Å². The van der Waals surface area contributed by atoms with Crippen LogP contribution >= 0.6 is 11.5 Å². The average Bonchev–Trinajstić information content (AvgIpc) is 2.77. The zero-order chi connectivity index (χ0) is 11.4. The highest BCUT2D eigenvalue weighted by Gasteiger charge is 2.02. The summed E-state index contributed by atoms with van der Waals surface area (Å²) in [5.74, 6) is 0.877. The van der Waals surface area contributed by atoms with Gasteiger partial charge in [-0.1, -0.05) is 19.1 Å². The van der Waals surface area contributed by atoms with E-state index in [2.05, 4.69) is 14.7 Å². The van der Waals surface area contributed by atoms with Crippen molar-refractivity contribution in [1.29, 1.82) is 0 Å². The Morgan fingerprint density at radius 3 is 3.00 bits per heavy atom. The highest BCUT2D eigenvalue weighted by Crippen LogP contribution is 2.19. The van der Waals surface area contributed by atoms with E-state index in [9.17, 15) is 0 Å². The van der Waals surface area contributed by atoms with Gasteiger partial charge in [-0.15, -0.1) is 0 Å². The third-order valence-corrected chi connectivity index (χ3v) is 2.87. The van der Waals surface area contributed by atoms with Crippen LogP contribution < -0.4 is 11.1 Å². The second kappa shape index (κ2) is 5.05. The van der Waals surface area contributed by atoms with Gasteiger partial charge in [-0.2, -0.15) is 4.37 Å².